The molecule has 1 aromatic rings. The van der Waals surface area contributed by atoms with E-state index in [9.17, 15) is 4.79 Å². The van der Waals surface area contributed by atoms with Gasteiger partial charge in [-0.2, -0.15) is 0 Å². The van der Waals surface area contributed by atoms with E-state index in [1.54, 1.807) is 18.2 Å². The number of carbonyl (C=O) groups is 1. The molecule has 1 aliphatic carbocycles. The number of hydrogen-bond donors (Lipinski definition) is 1. The minimum atomic E-state index is -0.744. The molecule has 1 fully saturated rings. The number of aliphatic carboxylic acids is 1. The van der Waals surface area contributed by atoms with Gasteiger partial charge in [-0.1, -0.05) is 23.2 Å². The molecule has 1 N–H and O–H groups in total. The summed E-state index contributed by atoms with van der Waals surface area (Å²) in [7, 11) is 0. The van der Waals surface area contributed by atoms with E-state index in [4.69, 9.17) is 28.3 Å². The summed E-state index contributed by atoms with van der Waals surface area (Å²) in [6.45, 7) is 0. The van der Waals surface area contributed by atoms with Gasteiger partial charge >= 0.3 is 5.97 Å². The Morgan fingerprint density at radius 2 is 1.86 bits per heavy atom. The van der Waals surface area contributed by atoms with Crippen LogP contribution in [0.15, 0.2) is 18.2 Å². The molecule has 74 valence electrons. The molecule has 0 bridgehead atoms. The van der Waals surface area contributed by atoms with Gasteiger partial charge in [0.05, 0.1) is 5.92 Å². The largest absolute Gasteiger partial charge is 0.481 e. The van der Waals surface area contributed by atoms with E-state index in [1.165, 1.54) is 0 Å². The van der Waals surface area contributed by atoms with Gasteiger partial charge in [0.2, 0.25) is 0 Å². The molecule has 0 amide bonds. The second kappa shape index (κ2) is 3.44. The Morgan fingerprint density at radius 1 is 1.29 bits per heavy atom. The van der Waals surface area contributed by atoms with Crippen LogP contribution in [0.4, 0.5) is 0 Å². The third-order valence-corrected chi connectivity index (χ3v) is 2.86. The first-order valence-corrected chi connectivity index (χ1v) is 5.02. The van der Waals surface area contributed by atoms with Gasteiger partial charge in [-0.05, 0) is 36.1 Å². The standard InChI is InChI=1S/C10H8Cl2O2/c11-6-1-5(2-7(12)3-6)8-4-9(8)10(13)14/h1-3,8-9H,4H2,(H,13,14)/t8-,9-/m1/s1. The summed E-state index contributed by atoms with van der Waals surface area (Å²) in [5.41, 5.74) is 0.926. The lowest BCUT2D eigenvalue weighted by molar-refractivity contribution is -0.138. The lowest BCUT2D eigenvalue weighted by Crippen LogP contribution is -1.98. The maximum absolute atomic E-state index is 10.6. The maximum Gasteiger partial charge on any atom is 0.307 e. The van der Waals surface area contributed by atoms with Crippen molar-refractivity contribution in [2.75, 3.05) is 0 Å². The smallest absolute Gasteiger partial charge is 0.307 e. The summed E-state index contributed by atoms with van der Waals surface area (Å²) in [5.74, 6) is -0.917. The number of rotatable bonds is 2. The molecule has 0 saturated heterocycles. The molecule has 0 unspecified atom stereocenters. The molecule has 14 heavy (non-hydrogen) atoms. The quantitative estimate of drug-likeness (QED) is 0.848. The summed E-state index contributed by atoms with van der Waals surface area (Å²) in [6, 6.07) is 5.20. The van der Waals surface area contributed by atoms with Gasteiger partial charge in [0.15, 0.2) is 0 Å². The van der Waals surface area contributed by atoms with Crippen LogP contribution in [-0.4, -0.2) is 11.1 Å². The second-order valence-electron chi connectivity index (χ2n) is 3.49. The molecule has 2 nitrogen and oxygen atoms in total. The van der Waals surface area contributed by atoms with Crippen molar-refractivity contribution < 1.29 is 9.90 Å². The Balaban J connectivity index is 2.23. The number of hydrogen-bond acceptors (Lipinski definition) is 1. The SMILES string of the molecule is O=C(O)[C@@H]1C[C@@H]1c1cc(Cl)cc(Cl)c1. The Morgan fingerprint density at radius 3 is 2.29 bits per heavy atom. The van der Waals surface area contributed by atoms with Gasteiger partial charge in [-0.25, -0.2) is 0 Å². The van der Waals surface area contributed by atoms with Crippen molar-refractivity contribution >= 4 is 29.2 Å². The minimum Gasteiger partial charge on any atom is -0.481 e. The average molecular weight is 231 g/mol. The molecule has 0 heterocycles. The third-order valence-electron chi connectivity index (χ3n) is 2.42. The van der Waals surface area contributed by atoms with E-state index >= 15 is 0 Å². The van der Waals surface area contributed by atoms with Crippen LogP contribution in [0, 0.1) is 5.92 Å². The molecular formula is C10H8Cl2O2. The highest BCUT2D eigenvalue weighted by molar-refractivity contribution is 6.34. The van der Waals surface area contributed by atoms with Gasteiger partial charge in [0, 0.05) is 10.0 Å². The van der Waals surface area contributed by atoms with Gasteiger partial charge in [0.1, 0.15) is 0 Å². The van der Waals surface area contributed by atoms with Crippen molar-refractivity contribution in [2.45, 2.75) is 12.3 Å². The van der Waals surface area contributed by atoms with Gasteiger partial charge in [-0.3, -0.25) is 4.79 Å². The van der Waals surface area contributed by atoms with Crippen LogP contribution in [-0.2, 0) is 4.79 Å². The normalized spacial score (nSPS) is 24.7. The zero-order valence-corrected chi connectivity index (χ0v) is 8.72. The first-order valence-electron chi connectivity index (χ1n) is 4.26. The molecule has 0 aliphatic heterocycles. The summed E-state index contributed by atoms with van der Waals surface area (Å²) in [4.78, 5) is 10.6. The fraction of sp³-hybridized carbons (Fsp3) is 0.300. The van der Waals surface area contributed by atoms with Crippen molar-refractivity contribution in [1.29, 1.82) is 0 Å². The summed E-state index contributed by atoms with van der Waals surface area (Å²) >= 11 is 11.6. The molecule has 0 radical (unpaired) electrons. The van der Waals surface area contributed by atoms with E-state index in [0.717, 1.165) is 5.56 Å². The number of halogens is 2. The number of carboxylic acid groups (broad SMARTS) is 1. The predicted octanol–water partition coefficient (Wildman–Crippen LogP) is 3.18. The number of benzene rings is 1. The van der Waals surface area contributed by atoms with Crippen molar-refractivity contribution in [3.63, 3.8) is 0 Å². The van der Waals surface area contributed by atoms with Gasteiger partial charge in [0.25, 0.3) is 0 Å². The van der Waals surface area contributed by atoms with Crippen molar-refractivity contribution in [3.8, 4) is 0 Å². The van der Waals surface area contributed by atoms with Crippen molar-refractivity contribution in [2.24, 2.45) is 5.92 Å². The fourth-order valence-electron chi connectivity index (χ4n) is 1.63. The molecule has 2 rings (SSSR count). The first-order chi connectivity index (χ1) is 6.58. The lowest BCUT2D eigenvalue weighted by atomic mass is 10.1. The monoisotopic (exact) mass is 230 g/mol. The van der Waals surface area contributed by atoms with Crippen LogP contribution >= 0.6 is 23.2 Å². The molecule has 0 spiro atoms. The molecule has 0 aromatic heterocycles. The Labute approximate surface area is 91.4 Å². The van der Waals surface area contributed by atoms with Crippen molar-refractivity contribution in [3.05, 3.63) is 33.8 Å². The third kappa shape index (κ3) is 1.86. The summed E-state index contributed by atoms with van der Waals surface area (Å²) in [6.07, 6.45) is 0.687. The molecule has 1 aromatic carbocycles. The van der Waals surface area contributed by atoms with Crippen LogP contribution in [0.2, 0.25) is 10.0 Å². The summed E-state index contributed by atoms with van der Waals surface area (Å²) in [5, 5.41) is 9.88. The van der Waals surface area contributed by atoms with E-state index in [-0.39, 0.29) is 11.8 Å². The molecule has 2 atom stereocenters. The molecule has 4 heteroatoms. The van der Waals surface area contributed by atoms with E-state index in [1.807, 2.05) is 0 Å². The van der Waals surface area contributed by atoms with E-state index in [0.29, 0.717) is 16.5 Å². The highest BCUT2D eigenvalue weighted by Crippen LogP contribution is 2.48. The summed E-state index contributed by atoms with van der Waals surface area (Å²) < 4.78 is 0. The fourth-order valence-corrected chi connectivity index (χ4v) is 2.17. The first kappa shape index (κ1) is 9.81. The molecule has 1 saturated carbocycles. The van der Waals surface area contributed by atoms with Gasteiger partial charge in [-0.15, -0.1) is 0 Å². The van der Waals surface area contributed by atoms with E-state index in [2.05, 4.69) is 0 Å². The zero-order chi connectivity index (χ0) is 10.3. The average Bonchev–Trinajstić information content (AvgIpc) is 2.79. The zero-order valence-electron chi connectivity index (χ0n) is 7.21. The Hall–Kier alpha value is -0.730. The highest BCUT2D eigenvalue weighted by atomic mass is 35.5. The van der Waals surface area contributed by atoms with Crippen molar-refractivity contribution in [1.82, 2.24) is 0 Å². The predicted molar refractivity (Wildman–Crippen MR) is 54.9 cm³/mol. The molecular weight excluding hydrogens is 223 g/mol. The van der Waals surface area contributed by atoms with Crippen LogP contribution in [0.3, 0.4) is 0 Å². The van der Waals surface area contributed by atoms with Crippen LogP contribution < -0.4 is 0 Å². The topological polar surface area (TPSA) is 37.3 Å². The second-order valence-corrected chi connectivity index (χ2v) is 4.36. The van der Waals surface area contributed by atoms with E-state index < -0.39 is 5.97 Å². The lowest BCUT2D eigenvalue weighted by Gasteiger charge is -2.00. The maximum atomic E-state index is 10.6. The highest BCUT2D eigenvalue weighted by Gasteiger charge is 2.44. The minimum absolute atomic E-state index is 0.0868. The van der Waals surface area contributed by atoms with Crippen LogP contribution in [0.5, 0.6) is 0 Å². The Bertz CT molecular complexity index is 369. The number of carboxylic acids is 1. The van der Waals surface area contributed by atoms with Crippen LogP contribution in [0.25, 0.3) is 0 Å². The Kier molecular flexibility index (Phi) is 2.41. The van der Waals surface area contributed by atoms with Gasteiger partial charge < -0.3 is 5.11 Å². The molecule has 1 aliphatic rings. The van der Waals surface area contributed by atoms with Crippen LogP contribution in [0.1, 0.15) is 17.9 Å².